The van der Waals surface area contributed by atoms with Gasteiger partial charge in [0.05, 0.1) is 5.69 Å². The maximum atomic E-state index is 4.76. The molecule has 0 saturated heterocycles. The van der Waals surface area contributed by atoms with E-state index < -0.39 is 0 Å². The van der Waals surface area contributed by atoms with Gasteiger partial charge in [-0.1, -0.05) is 13.0 Å². The van der Waals surface area contributed by atoms with E-state index >= 15 is 0 Å². The SMILES string of the molecule is C[C@@H]1CCC2(CC2)c2ncccc2C12CC2. The number of hydrogen-bond acceptors (Lipinski definition) is 1. The molecule has 0 radical (unpaired) electrons. The first-order valence-corrected chi connectivity index (χ1v) is 6.73. The van der Waals surface area contributed by atoms with Crippen molar-refractivity contribution < 1.29 is 0 Å². The molecule has 1 atom stereocenters. The van der Waals surface area contributed by atoms with E-state index in [9.17, 15) is 0 Å². The van der Waals surface area contributed by atoms with Crippen LogP contribution in [0.3, 0.4) is 0 Å². The van der Waals surface area contributed by atoms with Gasteiger partial charge < -0.3 is 0 Å². The van der Waals surface area contributed by atoms with Gasteiger partial charge in [0.1, 0.15) is 0 Å². The van der Waals surface area contributed by atoms with Gasteiger partial charge in [0, 0.05) is 11.6 Å². The van der Waals surface area contributed by atoms with Crippen LogP contribution in [0.15, 0.2) is 18.3 Å². The molecule has 2 saturated carbocycles. The minimum atomic E-state index is 0.511. The van der Waals surface area contributed by atoms with Crippen molar-refractivity contribution in [2.24, 2.45) is 5.92 Å². The molecule has 0 amide bonds. The summed E-state index contributed by atoms with van der Waals surface area (Å²) in [5.41, 5.74) is 4.15. The maximum Gasteiger partial charge on any atom is 0.0503 e. The summed E-state index contributed by atoms with van der Waals surface area (Å²) in [6.07, 6.45) is 10.4. The van der Waals surface area contributed by atoms with E-state index in [0.717, 1.165) is 5.92 Å². The average molecular weight is 213 g/mol. The van der Waals surface area contributed by atoms with E-state index in [2.05, 4.69) is 19.1 Å². The summed E-state index contributed by atoms with van der Waals surface area (Å²) in [6, 6.07) is 4.52. The number of aromatic nitrogens is 1. The number of nitrogens with zero attached hydrogens (tertiary/aromatic N) is 1. The van der Waals surface area contributed by atoms with Gasteiger partial charge in [-0.15, -0.1) is 0 Å². The molecule has 16 heavy (non-hydrogen) atoms. The second-order valence-electron chi connectivity index (χ2n) is 6.28. The Balaban J connectivity index is 1.94. The Hall–Kier alpha value is -0.850. The fourth-order valence-electron chi connectivity index (χ4n) is 3.92. The standard InChI is InChI=1S/C15H19N/c1-11-4-5-14(6-7-14)13-12(3-2-10-16-13)15(11)8-9-15/h2-3,10-11H,4-9H2,1H3/t11-/m1/s1. The molecular formula is C15H19N. The van der Waals surface area contributed by atoms with Crippen LogP contribution in [0, 0.1) is 5.92 Å². The monoisotopic (exact) mass is 213 g/mol. The predicted molar refractivity (Wildman–Crippen MR) is 64.5 cm³/mol. The van der Waals surface area contributed by atoms with Crippen LogP contribution in [0.2, 0.25) is 0 Å². The first kappa shape index (κ1) is 9.21. The first-order valence-electron chi connectivity index (χ1n) is 6.73. The molecule has 2 fully saturated rings. The molecule has 0 bridgehead atoms. The highest BCUT2D eigenvalue weighted by Crippen LogP contribution is 2.64. The van der Waals surface area contributed by atoms with E-state index in [1.54, 1.807) is 5.56 Å². The molecule has 0 aliphatic heterocycles. The van der Waals surface area contributed by atoms with Crippen molar-refractivity contribution in [1.29, 1.82) is 0 Å². The Morgan fingerprint density at radius 2 is 2.00 bits per heavy atom. The third kappa shape index (κ3) is 0.996. The molecular weight excluding hydrogens is 194 g/mol. The highest BCUT2D eigenvalue weighted by molar-refractivity contribution is 5.43. The van der Waals surface area contributed by atoms with Crippen LogP contribution < -0.4 is 0 Å². The van der Waals surface area contributed by atoms with Gasteiger partial charge in [-0.2, -0.15) is 0 Å². The summed E-state index contributed by atoms with van der Waals surface area (Å²) in [6.45, 7) is 2.46. The van der Waals surface area contributed by atoms with Crippen LogP contribution in [0.4, 0.5) is 0 Å². The van der Waals surface area contributed by atoms with Gasteiger partial charge >= 0.3 is 0 Å². The van der Waals surface area contributed by atoms with Crippen LogP contribution >= 0.6 is 0 Å². The zero-order valence-electron chi connectivity index (χ0n) is 10.00. The fourth-order valence-corrected chi connectivity index (χ4v) is 3.92. The average Bonchev–Trinajstić information content (AvgIpc) is 3.20. The summed E-state index contributed by atoms with van der Waals surface area (Å²) < 4.78 is 0. The van der Waals surface area contributed by atoms with Gasteiger partial charge in [-0.25, -0.2) is 0 Å². The van der Waals surface area contributed by atoms with Crippen LogP contribution in [0.5, 0.6) is 0 Å². The van der Waals surface area contributed by atoms with E-state index in [1.807, 2.05) is 6.20 Å². The topological polar surface area (TPSA) is 12.9 Å². The second kappa shape index (κ2) is 2.69. The number of hydrogen-bond donors (Lipinski definition) is 0. The van der Waals surface area contributed by atoms with E-state index in [4.69, 9.17) is 4.98 Å². The molecule has 1 nitrogen and oxygen atoms in total. The van der Waals surface area contributed by atoms with E-state index in [0.29, 0.717) is 10.8 Å². The van der Waals surface area contributed by atoms with Gasteiger partial charge in [-0.3, -0.25) is 4.98 Å². The molecule has 2 spiro atoms. The summed E-state index contributed by atoms with van der Waals surface area (Å²) in [5, 5.41) is 0. The molecule has 0 unspecified atom stereocenters. The molecule has 1 heteroatoms. The fraction of sp³-hybridized carbons (Fsp3) is 0.667. The van der Waals surface area contributed by atoms with Gasteiger partial charge in [0.2, 0.25) is 0 Å². The molecule has 1 heterocycles. The molecule has 3 aliphatic carbocycles. The first-order chi connectivity index (χ1) is 7.77. The van der Waals surface area contributed by atoms with Crippen molar-refractivity contribution in [3.05, 3.63) is 29.6 Å². The zero-order chi connectivity index (χ0) is 10.8. The molecule has 4 rings (SSSR count). The minimum absolute atomic E-state index is 0.511. The predicted octanol–water partition coefficient (Wildman–Crippen LogP) is 3.57. The Labute approximate surface area is 97.3 Å². The van der Waals surface area contributed by atoms with Crippen molar-refractivity contribution >= 4 is 0 Å². The van der Waals surface area contributed by atoms with Gasteiger partial charge in [0.15, 0.2) is 0 Å². The molecule has 1 aromatic heterocycles. The van der Waals surface area contributed by atoms with Crippen LogP contribution in [-0.4, -0.2) is 4.98 Å². The minimum Gasteiger partial charge on any atom is -0.260 e. The Kier molecular flexibility index (Phi) is 1.55. The lowest BCUT2D eigenvalue weighted by Crippen LogP contribution is -2.18. The van der Waals surface area contributed by atoms with Gasteiger partial charge in [0.25, 0.3) is 0 Å². The van der Waals surface area contributed by atoms with Crippen molar-refractivity contribution in [2.75, 3.05) is 0 Å². The Morgan fingerprint density at radius 3 is 2.69 bits per heavy atom. The number of fused-ring (bicyclic) bond motifs is 3. The lowest BCUT2D eigenvalue weighted by atomic mass is 9.83. The van der Waals surface area contributed by atoms with Crippen LogP contribution in [-0.2, 0) is 10.8 Å². The smallest absolute Gasteiger partial charge is 0.0503 e. The largest absolute Gasteiger partial charge is 0.260 e. The summed E-state index contributed by atoms with van der Waals surface area (Å²) in [7, 11) is 0. The molecule has 0 N–H and O–H groups in total. The quantitative estimate of drug-likeness (QED) is 0.642. The van der Waals surface area contributed by atoms with E-state index in [1.165, 1.54) is 44.2 Å². The van der Waals surface area contributed by atoms with Crippen molar-refractivity contribution in [3.63, 3.8) is 0 Å². The lowest BCUT2D eigenvalue weighted by molar-refractivity contribution is 0.401. The van der Waals surface area contributed by atoms with Gasteiger partial charge in [-0.05, 0) is 61.5 Å². The summed E-state index contributed by atoms with van der Waals surface area (Å²) >= 11 is 0. The molecule has 84 valence electrons. The van der Waals surface area contributed by atoms with Crippen LogP contribution in [0.1, 0.15) is 56.7 Å². The van der Waals surface area contributed by atoms with Crippen molar-refractivity contribution in [2.45, 2.75) is 56.3 Å². The van der Waals surface area contributed by atoms with E-state index in [-0.39, 0.29) is 0 Å². The second-order valence-corrected chi connectivity index (χ2v) is 6.28. The van der Waals surface area contributed by atoms with Crippen molar-refractivity contribution in [1.82, 2.24) is 4.98 Å². The third-order valence-electron chi connectivity index (χ3n) is 5.49. The van der Waals surface area contributed by atoms with Crippen molar-refractivity contribution in [3.8, 4) is 0 Å². The number of pyridine rings is 1. The Morgan fingerprint density at radius 1 is 1.19 bits per heavy atom. The highest BCUT2D eigenvalue weighted by atomic mass is 14.8. The van der Waals surface area contributed by atoms with Crippen LogP contribution in [0.25, 0.3) is 0 Å². The summed E-state index contributed by atoms with van der Waals surface area (Å²) in [5.74, 6) is 0.871. The zero-order valence-corrected chi connectivity index (χ0v) is 10.00. The third-order valence-corrected chi connectivity index (χ3v) is 5.49. The summed E-state index contributed by atoms with van der Waals surface area (Å²) in [4.78, 5) is 4.76. The highest BCUT2D eigenvalue weighted by Gasteiger charge is 2.57. The lowest BCUT2D eigenvalue weighted by Gasteiger charge is -2.22. The molecule has 0 aromatic carbocycles. The molecule has 1 aromatic rings. The maximum absolute atomic E-state index is 4.76. The Bertz CT molecular complexity index is 441. The number of rotatable bonds is 0. The normalized spacial score (nSPS) is 32.2. The molecule has 3 aliphatic rings.